The Labute approximate surface area is 145 Å². The lowest BCUT2D eigenvalue weighted by molar-refractivity contribution is 0.102. The smallest absolute Gasteiger partial charge is 0.277 e. The molecule has 0 radical (unpaired) electrons. The van der Waals surface area contributed by atoms with Crippen LogP contribution in [0.15, 0.2) is 29.6 Å². The molecule has 1 amide bonds. The zero-order valence-corrected chi connectivity index (χ0v) is 14.7. The van der Waals surface area contributed by atoms with Crippen molar-refractivity contribution in [3.05, 3.63) is 30.2 Å². The van der Waals surface area contributed by atoms with Crippen LogP contribution >= 0.6 is 0 Å². The van der Waals surface area contributed by atoms with E-state index in [0.717, 1.165) is 38.6 Å². The molecule has 0 aromatic carbocycles. The molecule has 25 heavy (non-hydrogen) atoms. The largest absolute Gasteiger partial charge is 0.319 e. The van der Waals surface area contributed by atoms with Crippen LogP contribution in [0.2, 0.25) is 0 Å². The van der Waals surface area contributed by atoms with E-state index in [9.17, 15) is 13.2 Å². The number of carbonyl (C=O) groups is 1. The van der Waals surface area contributed by atoms with E-state index in [1.807, 2.05) is 0 Å². The van der Waals surface area contributed by atoms with E-state index in [4.69, 9.17) is 0 Å². The van der Waals surface area contributed by atoms with Crippen LogP contribution in [0.5, 0.6) is 0 Å². The molecule has 1 aliphatic rings. The fourth-order valence-electron chi connectivity index (χ4n) is 2.69. The molecule has 1 unspecified atom stereocenters. The minimum Gasteiger partial charge on any atom is -0.319 e. The van der Waals surface area contributed by atoms with Crippen molar-refractivity contribution in [3.8, 4) is 0 Å². The molecule has 0 saturated carbocycles. The van der Waals surface area contributed by atoms with Gasteiger partial charge in [-0.2, -0.15) is 0 Å². The molecule has 134 valence electrons. The molecule has 1 aliphatic heterocycles. The number of rotatable bonds is 4. The molecule has 2 aromatic rings. The van der Waals surface area contributed by atoms with E-state index in [1.54, 1.807) is 10.9 Å². The van der Waals surface area contributed by atoms with Gasteiger partial charge in [-0.15, -0.1) is 5.10 Å². The molecule has 0 bridgehead atoms. The van der Waals surface area contributed by atoms with Crippen LogP contribution in [0, 0.1) is 0 Å². The van der Waals surface area contributed by atoms with E-state index in [-0.39, 0.29) is 16.8 Å². The van der Waals surface area contributed by atoms with Gasteiger partial charge in [0.2, 0.25) is 0 Å². The maximum Gasteiger partial charge on any atom is 0.277 e. The van der Waals surface area contributed by atoms with Crippen molar-refractivity contribution in [2.24, 2.45) is 0 Å². The lowest BCUT2D eigenvalue weighted by Gasteiger charge is -2.12. The molecule has 10 heteroatoms. The predicted molar refractivity (Wildman–Crippen MR) is 91.1 cm³/mol. The average Bonchev–Trinajstić information content (AvgIpc) is 2.91. The monoisotopic (exact) mass is 364 g/mol. The van der Waals surface area contributed by atoms with Gasteiger partial charge >= 0.3 is 0 Å². The minimum absolute atomic E-state index is 0.0431. The second-order valence-corrected chi connectivity index (χ2v) is 7.99. The van der Waals surface area contributed by atoms with Gasteiger partial charge in [0.15, 0.2) is 20.6 Å². The summed E-state index contributed by atoms with van der Waals surface area (Å²) in [6.07, 6.45) is 7.02. The summed E-state index contributed by atoms with van der Waals surface area (Å²) in [5.74, 6) is -0.410. The van der Waals surface area contributed by atoms with Gasteiger partial charge in [-0.25, -0.2) is 18.1 Å². The van der Waals surface area contributed by atoms with Gasteiger partial charge in [-0.05, 0) is 44.5 Å². The van der Waals surface area contributed by atoms with Gasteiger partial charge in [0.05, 0.1) is 24.1 Å². The van der Waals surface area contributed by atoms with Crippen LogP contribution in [0.25, 0.3) is 0 Å². The standard InChI is InChI=1S/C15H20N6O3S/c1-25(23,24)14-5-4-11(9-17-14)18-15(22)13-10-21(20-19-13)12-3-2-7-16-8-6-12/h4-5,9-10,12,16H,2-3,6-8H2,1H3,(H,18,22). The minimum atomic E-state index is -3.37. The van der Waals surface area contributed by atoms with Crippen molar-refractivity contribution in [2.45, 2.75) is 30.3 Å². The normalized spacial score (nSPS) is 18.5. The molecule has 0 spiro atoms. The SMILES string of the molecule is CS(=O)(=O)c1ccc(NC(=O)c2cn(C3CCCNCC3)nn2)cn1. The summed E-state index contributed by atoms with van der Waals surface area (Å²) in [6.45, 7) is 1.92. The fraction of sp³-hybridized carbons (Fsp3) is 0.467. The fourth-order valence-corrected chi connectivity index (χ4v) is 3.25. The number of carbonyl (C=O) groups excluding carboxylic acids is 1. The molecule has 9 nitrogen and oxygen atoms in total. The molecule has 3 rings (SSSR count). The summed E-state index contributed by atoms with van der Waals surface area (Å²) in [7, 11) is -3.37. The van der Waals surface area contributed by atoms with Crippen molar-refractivity contribution in [1.29, 1.82) is 0 Å². The molecular formula is C15H20N6O3S. The lowest BCUT2D eigenvalue weighted by atomic mass is 10.1. The molecule has 1 fully saturated rings. The highest BCUT2D eigenvalue weighted by atomic mass is 32.2. The number of anilines is 1. The summed E-state index contributed by atoms with van der Waals surface area (Å²) in [4.78, 5) is 16.1. The zero-order chi connectivity index (χ0) is 17.9. The zero-order valence-electron chi connectivity index (χ0n) is 13.8. The molecular weight excluding hydrogens is 344 g/mol. The predicted octanol–water partition coefficient (Wildman–Crippen LogP) is 0.643. The summed E-state index contributed by atoms with van der Waals surface area (Å²) in [5.41, 5.74) is 0.606. The van der Waals surface area contributed by atoms with E-state index < -0.39 is 15.7 Å². The Morgan fingerprint density at radius 1 is 1.32 bits per heavy atom. The quantitative estimate of drug-likeness (QED) is 0.817. The molecule has 2 aromatic heterocycles. The van der Waals surface area contributed by atoms with Gasteiger partial charge in [0, 0.05) is 6.26 Å². The summed E-state index contributed by atoms with van der Waals surface area (Å²) in [5, 5.41) is 13.9. The number of amides is 1. The van der Waals surface area contributed by atoms with Gasteiger partial charge in [-0.3, -0.25) is 4.79 Å². The Hall–Kier alpha value is -2.33. The molecule has 1 saturated heterocycles. The van der Waals surface area contributed by atoms with Crippen LogP contribution < -0.4 is 10.6 Å². The highest BCUT2D eigenvalue weighted by Gasteiger charge is 2.18. The van der Waals surface area contributed by atoms with E-state index in [1.165, 1.54) is 18.3 Å². The third-order valence-electron chi connectivity index (χ3n) is 4.04. The summed E-state index contributed by atoms with van der Waals surface area (Å²) >= 11 is 0. The second kappa shape index (κ2) is 7.28. The van der Waals surface area contributed by atoms with Crippen LogP contribution in [0.3, 0.4) is 0 Å². The molecule has 1 atom stereocenters. The van der Waals surface area contributed by atoms with Crippen molar-refractivity contribution >= 4 is 21.4 Å². The van der Waals surface area contributed by atoms with Gasteiger partial charge in [0.1, 0.15) is 0 Å². The number of sulfone groups is 1. The first-order valence-corrected chi connectivity index (χ1v) is 9.92. The Kier molecular flexibility index (Phi) is 5.09. The van der Waals surface area contributed by atoms with Crippen LogP contribution in [0.4, 0.5) is 5.69 Å². The number of pyridine rings is 1. The Bertz CT molecular complexity index is 838. The van der Waals surface area contributed by atoms with Crippen molar-refractivity contribution in [1.82, 2.24) is 25.3 Å². The van der Waals surface area contributed by atoms with Crippen molar-refractivity contribution in [2.75, 3.05) is 24.7 Å². The van der Waals surface area contributed by atoms with Crippen LogP contribution in [-0.2, 0) is 9.84 Å². The van der Waals surface area contributed by atoms with Crippen molar-refractivity contribution < 1.29 is 13.2 Å². The first-order chi connectivity index (χ1) is 11.9. The first-order valence-electron chi connectivity index (χ1n) is 8.03. The number of hydrogen-bond acceptors (Lipinski definition) is 7. The number of nitrogens with zero attached hydrogens (tertiary/aromatic N) is 4. The van der Waals surface area contributed by atoms with E-state index in [0.29, 0.717) is 5.69 Å². The highest BCUT2D eigenvalue weighted by molar-refractivity contribution is 7.90. The highest BCUT2D eigenvalue weighted by Crippen LogP contribution is 2.19. The van der Waals surface area contributed by atoms with Gasteiger partial charge in [-0.1, -0.05) is 5.21 Å². The lowest BCUT2D eigenvalue weighted by Crippen LogP contribution is -2.15. The Morgan fingerprint density at radius 2 is 2.16 bits per heavy atom. The maximum atomic E-state index is 12.3. The summed E-state index contributed by atoms with van der Waals surface area (Å²) in [6, 6.07) is 3.07. The molecule has 2 N–H and O–H groups in total. The van der Waals surface area contributed by atoms with Gasteiger partial charge in [0.25, 0.3) is 5.91 Å². The van der Waals surface area contributed by atoms with Crippen molar-refractivity contribution in [3.63, 3.8) is 0 Å². The number of hydrogen-bond donors (Lipinski definition) is 2. The number of aromatic nitrogens is 4. The Balaban J connectivity index is 1.67. The second-order valence-electron chi connectivity index (χ2n) is 6.03. The van der Waals surface area contributed by atoms with E-state index in [2.05, 4.69) is 25.9 Å². The average molecular weight is 364 g/mol. The van der Waals surface area contributed by atoms with E-state index >= 15 is 0 Å². The van der Waals surface area contributed by atoms with Crippen LogP contribution in [-0.4, -0.2) is 53.6 Å². The first kappa shape index (κ1) is 17.5. The molecule has 3 heterocycles. The Morgan fingerprint density at radius 3 is 2.88 bits per heavy atom. The topological polar surface area (TPSA) is 119 Å². The third kappa shape index (κ3) is 4.40. The molecule has 0 aliphatic carbocycles. The third-order valence-corrected chi connectivity index (χ3v) is 5.04. The summed E-state index contributed by atoms with van der Waals surface area (Å²) < 4.78 is 24.5. The maximum absolute atomic E-state index is 12.3. The van der Waals surface area contributed by atoms with Crippen LogP contribution in [0.1, 0.15) is 35.8 Å². The van der Waals surface area contributed by atoms with Gasteiger partial charge < -0.3 is 10.6 Å². The number of nitrogens with one attached hydrogen (secondary N) is 2.